The molecule has 0 aromatic heterocycles. The molecule has 9 rings (SSSR count). The van der Waals surface area contributed by atoms with Crippen LogP contribution in [0.2, 0.25) is 0 Å². The highest BCUT2D eigenvalue weighted by molar-refractivity contribution is 6.13. The van der Waals surface area contributed by atoms with Crippen LogP contribution in [0.4, 0.5) is 26.7 Å². The fourth-order valence-corrected chi connectivity index (χ4v) is 12.4. The molecule has 0 bridgehead atoms. The van der Waals surface area contributed by atoms with E-state index in [1.165, 1.54) is 26.4 Å². The van der Waals surface area contributed by atoms with Crippen LogP contribution in [-0.4, -0.2) is 217 Å². The Kier molecular flexibility index (Phi) is 31.4. The number of urea groups is 1. The quantitative estimate of drug-likeness (QED) is 0.0113. The first-order valence-corrected chi connectivity index (χ1v) is 36.5. The number of primary amides is 1. The van der Waals surface area contributed by atoms with Crippen molar-refractivity contribution >= 4 is 88.9 Å². The monoisotopic (exact) mass is 1520 g/mol. The van der Waals surface area contributed by atoms with Gasteiger partial charge in [-0.3, -0.25) is 53.2 Å². The topological polar surface area (TPSA) is 386 Å². The molecule has 5 heterocycles. The zero-order valence-corrected chi connectivity index (χ0v) is 62.4. The van der Waals surface area contributed by atoms with E-state index < -0.39 is 36.0 Å². The molecule has 4 atom stereocenters. The van der Waals surface area contributed by atoms with Crippen LogP contribution in [0.25, 0.3) is 0 Å². The Morgan fingerprint density at radius 1 is 0.591 bits per heavy atom. The summed E-state index contributed by atoms with van der Waals surface area (Å²) in [6, 6.07) is 15.7. The summed E-state index contributed by atoms with van der Waals surface area (Å²) >= 11 is 0. The number of imide groups is 1. The van der Waals surface area contributed by atoms with Crippen molar-refractivity contribution in [1.29, 1.82) is 0 Å². The fourth-order valence-electron chi connectivity index (χ4n) is 12.4. The number of hydrogen-bond donors (Lipinski definition) is 7. The summed E-state index contributed by atoms with van der Waals surface area (Å²) in [5, 5.41) is 16.2. The van der Waals surface area contributed by atoms with Crippen LogP contribution in [0.15, 0.2) is 113 Å². The van der Waals surface area contributed by atoms with Gasteiger partial charge in [0.15, 0.2) is 23.0 Å². The molecule has 0 unspecified atom stereocenters. The number of hydrogen-bond acceptors (Lipinski definition) is 21. The zero-order valence-electron chi connectivity index (χ0n) is 62.4. The molecule has 0 radical (unpaired) electrons. The van der Waals surface area contributed by atoms with Crippen molar-refractivity contribution in [3.63, 3.8) is 0 Å². The number of carbonyl (C=O) groups is 10. The number of nitrogens with one attached hydrogen (secondary N) is 6. The largest absolute Gasteiger partial charge is 0.493 e. The van der Waals surface area contributed by atoms with Crippen molar-refractivity contribution in [2.24, 2.45) is 21.6 Å². The maximum absolute atomic E-state index is 13.7. The van der Waals surface area contributed by atoms with Gasteiger partial charge < -0.3 is 90.1 Å². The molecule has 31 nitrogen and oxygen atoms in total. The number of carbonyl (C=O) groups excluding carboxylic acids is 10. The molecule has 8 N–H and O–H groups in total. The predicted octanol–water partition coefficient (Wildman–Crippen LogP) is 6.18. The summed E-state index contributed by atoms with van der Waals surface area (Å²) in [6.45, 7) is 15.3. The molecule has 0 saturated carbocycles. The van der Waals surface area contributed by atoms with Gasteiger partial charge in [0.05, 0.1) is 108 Å². The van der Waals surface area contributed by atoms with Crippen molar-refractivity contribution in [3.8, 4) is 34.8 Å². The van der Waals surface area contributed by atoms with Crippen LogP contribution in [0.1, 0.15) is 115 Å². The highest BCUT2D eigenvalue weighted by Gasteiger charge is 2.37. The Morgan fingerprint density at radius 2 is 1.15 bits per heavy atom. The summed E-state index contributed by atoms with van der Waals surface area (Å²) in [5.74, 6) is 4.51. The highest BCUT2D eigenvalue weighted by Crippen LogP contribution is 2.41. The molecule has 0 aliphatic carbocycles. The summed E-state index contributed by atoms with van der Waals surface area (Å²) in [5.41, 5.74) is 11.9. The van der Waals surface area contributed by atoms with Gasteiger partial charge in [-0.1, -0.05) is 68.5 Å². The van der Waals surface area contributed by atoms with Crippen molar-refractivity contribution in [2.75, 3.05) is 112 Å². The number of benzene rings is 4. The Hall–Kier alpha value is -11.5. The molecule has 110 heavy (non-hydrogen) atoms. The Labute approximate surface area is 638 Å². The van der Waals surface area contributed by atoms with E-state index in [9.17, 15) is 47.9 Å². The Balaban J connectivity index is 0.630. The Bertz CT molecular complexity index is 4040. The SMILES string of the molecule is C=C1C[C@H]2C=Nc3cc(OCc4cc(C#CCNC(=O)CCOCCOCCOCCOCCNC(=O)OCc5ccc(NC(=O)[C@H](CCCNC(N)=O)NC(=O)[C@@H](NC(=O)CCCCCN6C(=O)C=CC6=O)C(C)C)cc5)cc(COc5cc6c(cc5OC)C(=O)N5CC(=C)C[C@H]5C=N6)c4)c(OC)cc3C(=O)N2C1. The van der Waals surface area contributed by atoms with E-state index in [1.807, 2.05) is 18.2 Å². The molecule has 0 spiro atoms. The average Bonchev–Trinajstić information content (AvgIpc) is 1.62. The number of fused-ring (bicyclic) bond motifs is 4. The van der Waals surface area contributed by atoms with Crippen LogP contribution in [0.3, 0.4) is 0 Å². The second-order valence-corrected chi connectivity index (χ2v) is 26.8. The number of ether oxygens (including phenoxy) is 9. The van der Waals surface area contributed by atoms with E-state index in [-0.39, 0.29) is 165 Å². The first-order chi connectivity index (χ1) is 53.1. The molecule has 31 heteroatoms. The minimum atomic E-state index is -1.06. The van der Waals surface area contributed by atoms with Gasteiger partial charge in [0, 0.05) is 93.5 Å². The number of amides is 11. The minimum Gasteiger partial charge on any atom is -0.493 e. The van der Waals surface area contributed by atoms with E-state index in [0.29, 0.717) is 121 Å². The van der Waals surface area contributed by atoms with Crippen LogP contribution in [-0.2, 0) is 72.3 Å². The molecular weight excluding hydrogens is 1420 g/mol. The molecule has 5 aliphatic heterocycles. The lowest BCUT2D eigenvalue weighted by Crippen LogP contribution is -2.54. The van der Waals surface area contributed by atoms with E-state index in [0.717, 1.165) is 27.2 Å². The molecule has 2 saturated heterocycles. The van der Waals surface area contributed by atoms with Gasteiger partial charge in [-0.15, -0.1) is 0 Å². The van der Waals surface area contributed by atoms with Gasteiger partial charge >= 0.3 is 12.1 Å². The lowest BCUT2D eigenvalue weighted by molar-refractivity contribution is -0.137. The lowest BCUT2D eigenvalue weighted by atomic mass is 10.0. The van der Waals surface area contributed by atoms with Gasteiger partial charge in [0.2, 0.25) is 23.6 Å². The van der Waals surface area contributed by atoms with Gasteiger partial charge in [-0.05, 0) is 104 Å². The molecule has 4 aromatic carbocycles. The van der Waals surface area contributed by atoms with E-state index in [4.69, 9.17) is 48.4 Å². The van der Waals surface area contributed by atoms with Crippen LogP contribution < -0.4 is 56.6 Å². The number of aliphatic imine (C=N–C) groups is 2. The molecule has 4 aromatic rings. The average molecular weight is 1520 g/mol. The number of rotatable bonds is 42. The smallest absolute Gasteiger partial charge is 0.407 e. The number of nitrogens with two attached hydrogens (primary N) is 1. The van der Waals surface area contributed by atoms with Crippen molar-refractivity contribution in [1.82, 2.24) is 41.3 Å². The van der Waals surface area contributed by atoms with Crippen molar-refractivity contribution in [3.05, 3.63) is 137 Å². The van der Waals surface area contributed by atoms with Gasteiger partial charge in [0.25, 0.3) is 23.6 Å². The van der Waals surface area contributed by atoms with E-state index in [2.05, 4.69) is 66.9 Å². The second kappa shape index (κ2) is 41.8. The normalized spacial score (nSPS) is 15.8. The van der Waals surface area contributed by atoms with E-state index >= 15 is 0 Å². The fraction of sp³-hybridized carbons (Fsp3) is 0.443. The summed E-state index contributed by atoms with van der Waals surface area (Å²) in [7, 11) is 3.01. The number of methoxy groups -OCH3 is 2. The number of alkyl carbamates (subject to hydrolysis) is 1. The third-order valence-electron chi connectivity index (χ3n) is 18.1. The maximum atomic E-state index is 13.7. The van der Waals surface area contributed by atoms with Gasteiger partial charge in [0.1, 0.15) is 31.9 Å². The first-order valence-electron chi connectivity index (χ1n) is 36.5. The highest BCUT2D eigenvalue weighted by atomic mass is 16.6. The predicted molar refractivity (Wildman–Crippen MR) is 405 cm³/mol. The van der Waals surface area contributed by atoms with Gasteiger partial charge in [-0.2, -0.15) is 0 Å². The molecule has 5 aliphatic rings. The van der Waals surface area contributed by atoms with Crippen LogP contribution in [0, 0.1) is 17.8 Å². The van der Waals surface area contributed by atoms with Crippen LogP contribution >= 0.6 is 0 Å². The third kappa shape index (κ3) is 24.8. The minimum absolute atomic E-state index is 0.0562. The number of unbranched alkanes of at least 4 members (excludes halogenated alkanes) is 2. The molecule has 2 fully saturated rings. The second-order valence-electron chi connectivity index (χ2n) is 26.8. The third-order valence-corrected chi connectivity index (χ3v) is 18.1. The summed E-state index contributed by atoms with van der Waals surface area (Å²) in [4.78, 5) is 142. The maximum Gasteiger partial charge on any atom is 0.407 e. The van der Waals surface area contributed by atoms with Crippen LogP contribution in [0.5, 0.6) is 23.0 Å². The van der Waals surface area contributed by atoms with E-state index in [1.54, 1.807) is 84.6 Å². The molecule has 586 valence electrons. The molecule has 11 amide bonds. The number of nitrogens with zero attached hydrogens (tertiary/aromatic N) is 5. The van der Waals surface area contributed by atoms with Gasteiger partial charge in [-0.25, -0.2) is 9.59 Å². The lowest BCUT2D eigenvalue weighted by Gasteiger charge is -2.25. The molecular formula is C79H96N12O19. The zero-order chi connectivity index (χ0) is 78.5. The summed E-state index contributed by atoms with van der Waals surface area (Å²) < 4.78 is 51.9. The first kappa shape index (κ1) is 82.6. The van der Waals surface area contributed by atoms with Crippen molar-refractivity contribution < 1.29 is 90.6 Å². The standard InChI is InChI=1S/C79H96N12O19/c1-50(2)73(88-70(93)14-8-7-9-25-89-71(94)19-20-72(89)95)75(97)87-62(13-11-23-82-78(80)100)74(96)86-57-17-15-53(16-18-57)47-110-79(101)83-24-27-105-29-31-107-33-32-106-30-28-104-26-21-69(92)81-22-10-12-54-36-55(48-108-67-41-63-60(39-65(67)102-5)76(98)90-45-51(3)34-58(90)43-84-63)38-56(37-54)49-109-68-42-64-61(40-66(68)103-6)77(99)91-46-52(4)35-59(91)44-85-64/h15-20,36-44,50,58-59,62,73H,3-4,7-9,11,13-14,21-35,45-49H2,1-2,5-6H3,(H,81,92)(H,83,101)(H,86,96)(H,87,97)(H,88,93)(H3,80,82,100)/t58-,59-,62-,73-/m0/s1. The number of anilines is 1. The summed E-state index contributed by atoms with van der Waals surface area (Å²) in [6.07, 6.45) is 8.75. The van der Waals surface area contributed by atoms with Crippen molar-refractivity contribution in [2.45, 2.75) is 116 Å². The Morgan fingerprint density at radius 3 is 1.71 bits per heavy atom.